The van der Waals surface area contributed by atoms with E-state index in [1.807, 2.05) is 0 Å². The summed E-state index contributed by atoms with van der Waals surface area (Å²) in [5, 5.41) is 1.76. The highest BCUT2D eigenvalue weighted by atomic mass is 32.2. The highest BCUT2D eigenvalue weighted by Crippen LogP contribution is 2.34. The zero-order valence-corrected chi connectivity index (χ0v) is 17.6. The van der Waals surface area contributed by atoms with Crippen LogP contribution in [0.1, 0.15) is 22.9 Å². The van der Waals surface area contributed by atoms with Crippen LogP contribution in [0, 0.1) is 12.7 Å². The van der Waals surface area contributed by atoms with Gasteiger partial charge in [-0.1, -0.05) is 0 Å². The van der Waals surface area contributed by atoms with Crippen molar-refractivity contribution >= 4 is 45.0 Å². The number of pyridine rings is 1. The molecule has 9 nitrogen and oxygen atoms in total. The van der Waals surface area contributed by atoms with Crippen LogP contribution in [0.15, 0.2) is 16.3 Å². The van der Waals surface area contributed by atoms with Crippen LogP contribution in [0.4, 0.5) is 34.0 Å². The summed E-state index contributed by atoms with van der Waals surface area (Å²) >= 11 is 0.714. The molecule has 2 heterocycles. The summed E-state index contributed by atoms with van der Waals surface area (Å²) in [5.41, 5.74) is 3.76. The maximum atomic E-state index is 13.5. The van der Waals surface area contributed by atoms with Gasteiger partial charge < -0.3 is 10.5 Å². The fourth-order valence-electron chi connectivity index (χ4n) is 2.27. The first-order valence-corrected chi connectivity index (χ1v) is 10.7. The van der Waals surface area contributed by atoms with Gasteiger partial charge in [0.1, 0.15) is 10.0 Å². The number of rotatable bonds is 6. The van der Waals surface area contributed by atoms with Gasteiger partial charge in [-0.2, -0.15) is 13.2 Å². The zero-order chi connectivity index (χ0) is 23.6. The number of alkyl halides is 3. The molecule has 4 N–H and O–H groups in total. The van der Waals surface area contributed by atoms with Gasteiger partial charge in [0.05, 0.1) is 18.6 Å². The van der Waals surface area contributed by atoms with Gasteiger partial charge in [0.2, 0.25) is 0 Å². The number of esters is 1. The second-order valence-corrected chi connectivity index (χ2v) is 9.01. The number of sulfonamides is 1. The summed E-state index contributed by atoms with van der Waals surface area (Å²) in [4.78, 5) is 27.2. The van der Waals surface area contributed by atoms with Crippen molar-refractivity contribution in [3.8, 4) is 0 Å². The van der Waals surface area contributed by atoms with Crippen LogP contribution in [0.5, 0.6) is 0 Å². The summed E-state index contributed by atoms with van der Waals surface area (Å²) < 4.78 is 82.9. The van der Waals surface area contributed by atoms with E-state index >= 15 is 0 Å². The van der Waals surface area contributed by atoms with E-state index < -0.39 is 51.2 Å². The van der Waals surface area contributed by atoms with Crippen LogP contribution in [0.25, 0.3) is 0 Å². The number of nitrogens with one attached hydrogen (secondary N) is 2. The molecule has 0 aromatic carbocycles. The first kappa shape index (κ1) is 24.3. The molecule has 170 valence electrons. The second kappa shape index (κ2) is 9.05. The molecule has 0 saturated carbocycles. The topological polar surface area (TPSA) is 140 Å². The van der Waals surface area contributed by atoms with Gasteiger partial charge in [-0.3, -0.25) is 10.1 Å². The standard InChI is InChI=1S/C16H16F4N4O5S2/c1-3-29-11(25)6-9-7(2)4-12(30-9)31(27,28)24-15(26)23-10-5-8(16(18,19)20)13(17)14(21)22-10/h4-5H,3,6H2,1-2H3,(H4,21,22,23,24,26). The number of hydrogen-bond donors (Lipinski definition) is 3. The van der Waals surface area contributed by atoms with E-state index in [1.54, 1.807) is 23.9 Å². The first-order chi connectivity index (χ1) is 14.2. The van der Waals surface area contributed by atoms with E-state index in [1.165, 1.54) is 6.07 Å². The van der Waals surface area contributed by atoms with Crippen molar-refractivity contribution in [1.82, 2.24) is 9.71 Å². The molecule has 0 aliphatic heterocycles. The number of hydrogen-bond acceptors (Lipinski definition) is 8. The molecular formula is C16H16F4N4O5S2. The van der Waals surface area contributed by atoms with E-state index in [9.17, 15) is 35.6 Å². The van der Waals surface area contributed by atoms with Crippen molar-refractivity contribution in [1.29, 1.82) is 0 Å². The maximum Gasteiger partial charge on any atom is 0.419 e. The molecule has 2 amide bonds. The SMILES string of the molecule is CCOC(=O)Cc1sc(S(=O)(=O)NC(=O)Nc2cc(C(F)(F)F)c(F)c(N)n2)cc1C. The fourth-order valence-corrected chi connectivity index (χ4v) is 4.76. The Bertz CT molecular complexity index is 1120. The van der Waals surface area contributed by atoms with Crippen molar-refractivity contribution in [2.75, 3.05) is 17.7 Å². The van der Waals surface area contributed by atoms with Crippen LogP contribution >= 0.6 is 11.3 Å². The number of carbonyl (C=O) groups is 2. The molecule has 0 radical (unpaired) electrons. The van der Waals surface area contributed by atoms with Gasteiger partial charge in [-0.15, -0.1) is 11.3 Å². The van der Waals surface area contributed by atoms with Crippen LogP contribution < -0.4 is 15.8 Å². The monoisotopic (exact) mass is 484 g/mol. The van der Waals surface area contributed by atoms with Gasteiger partial charge in [-0.25, -0.2) is 27.3 Å². The third-order valence-corrected chi connectivity index (χ3v) is 6.67. The molecule has 0 bridgehead atoms. The summed E-state index contributed by atoms with van der Waals surface area (Å²) in [6, 6.07) is -0.0698. The normalized spacial score (nSPS) is 11.8. The number of halogens is 4. The van der Waals surface area contributed by atoms with Gasteiger partial charge in [0.25, 0.3) is 10.0 Å². The Morgan fingerprint density at radius 2 is 1.94 bits per heavy atom. The lowest BCUT2D eigenvalue weighted by molar-refractivity contribution is -0.142. The van der Waals surface area contributed by atoms with Crippen molar-refractivity contribution < 1.29 is 40.3 Å². The van der Waals surface area contributed by atoms with Crippen LogP contribution in [-0.2, 0) is 32.2 Å². The lowest BCUT2D eigenvalue weighted by Crippen LogP contribution is -2.34. The smallest absolute Gasteiger partial charge is 0.419 e. The number of carbonyl (C=O) groups excluding carboxylic acids is 2. The van der Waals surface area contributed by atoms with Crippen molar-refractivity contribution in [2.45, 2.75) is 30.7 Å². The quantitative estimate of drug-likeness (QED) is 0.423. The number of nitrogens with zero attached hydrogens (tertiary/aromatic N) is 1. The lowest BCUT2D eigenvalue weighted by atomic mass is 10.2. The summed E-state index contributed by atoms with van der Waals surface area (Å²) in [6.07, 6.45) is -5.30. The second-order valence-electron chi connectivity index (χ2n) is 5.97. The minimum Gasteiger partial charge on any atom is -0.466 e. The predicted octanol–water partition coefficient (Wildman–Crippen LogP) is 2.81. The van der Waals surface area contributed by atoms with Crippen LogP contribution in [-0.4, -0.2) is 32.0 Å². The number of urea groups is 1. The number of nitrogen functional groups attached to an aromatic ring is 1. The minimum absolute atomic E-state index is 0.147. The van der Waals surface area contributed by atoms with Gasteiger partial charge in [0, 0.05) is 4.88 Å². The number of anilines is 2. The number of aromatic nitrogens is 1. The van der Waals surface area contributed by atoms with Crippen LogP contribution in [0.2, 0.25) is 0 Å². The molecule has 2 aromatic heterocycles. The molecule has 0 aliphatic rings. The highest BCUT2D eigenvalue weighted by Gasteiger charge is 2.36. The molecule has 15 heteroatoms. The van der Waals surface area contributed by atoms with Crippen LogP contribution in [0.3, 0.4) is 0 Å². The van der Waals surface area contributed by atoms with Crippen molar-refractivity contribution in [3.05, 3.63) is 34.0 Å². The van der Waals surface area contributed by atoms with Crippen molar-refractivity contribution in [3.63, 3.8) is 0 Å². The average Bonchev–Trinajstić information content (AvgIpc) is 2.98. The maximum absolute atomic E-state index is 13.5. The van der Waals surface area contributed by atoms with E-state index in [0.717, 1.165) is 0 Å². The first-order valence-electron chi connectivity index (χ1n) is 8.36. The minimum atomic E-state index is -5.12. The summed E-state index contributed by atoms with van der Waals surface area (Å²) in [5.74, 6) is -4.34. The van der Waals surface area contributed by atoms with Gasteiger partial charge in [-0.05, 0) is 31.5 Å². The Balaban J connectivity index is 2.19. The molecule has 0 saturated heterocycles. The molecule has 2 rings (SSSR count). The van der Waals surface area contributed by atoms with E-state index in [4.69, 9.17) is 10.5 Å². The molecule has 2 aromatic rings. The molecule has 0 spiro atoms. The molecular weight excluding hydrogens is 468 g/mol. The summed E-state index contributed by atoms with van der Waals surface area (Å²) in [6.45, 7) is 3.31. The molecule has 0 atom stereocenters. The zero-order valence-electron chi connectivity index (χ0n) is 16.0. The third kappa shape index (κ3) is 6.04. The Morgan fingerprint density at radius 3 is 2.52 bits per heavy atom. The number of amides is 2. The average molecular weight is 484 g/mol. The predicted molar refractivity (Wildman–Crippen MR) is 102 cm³/mol. The number of nitrogens with two attached hydrogens (primary N) is 1. The number of aryl methyl sites for hydroxylation is 1. The fraction of sp³-hybridized carbons (Fsp3) is 0.312. The van der Waals surface area contributed by atoms with E-state index in [0.29, 0.717) is 21.8 Å². The third-order valence-electron chi connectivity index (χ3n) is 3.63. The van der Waals surface area contributed by atoms with Gasteiger partial charge in [0.15, 0.2) is 11.6 Å². The summed E-state index contributed by atoms with van der Waals surface area (Å²) in [7, 11) is -4.44. The Labute approximate surface area is 177 Å². The van der Waals surface area contributed by atoms with E-state index in [2.05, 4.69) is 4.98 Å². The number of thiophene rings is 1. The van der Waals surface area contributed by atoms with Gasteiger partial charge >= 0.3 is 18.2 Å². The number of ether oxygens (including phenoxy) is 1. The largest absolute Gasteiger partial charge is 0.466 e. The van der Waals surface area contributed by atoms with Crippen molar-refractivity contribution in [2.24, 2.45) is 0 Å². The Kier molecular flexibility index (Phi) is 7.10. The lowest BCUT2D eigenvalue weighted by Gasteiger charge is -2.12. The Hall–Kier alpha value is -2.94. The van der Waals surface area contributed by atoms with E-state index in [-0.39, 0.29) is 23.3 Å². The molecule has 0 aliphatic carbocycles. The highest BCUT2D eigenvalue weighted by molar-refractivity contribution is 7.92. The molecule has 31 heavy (non-hydrogen) atoms. The molecule has 0 unspecified atom stereocenters. The molecule has 0 fully saturated rings. The Morgan fingerprint density at radius 1 is 1.29 bits per heavy atom.